The number of carbonyl (C=O) groups excluding carboxylic acids is 1. The molecule has 138 valence electrons. The van der Waals surface area contributed by atoms with Crippen LogP contribution in [0.2, 0.25) is 0 Å². The minimum Gasteiger partial charge on any atom is -0.335 e. The van der Waals surface area contributed by atoms with Gasteiger partial charge in [0.1, 0.15) is 0 Å². The van der Waals surface area contributed by atoms with Gasteiger partial charge in [0.15, 0.2) is 5.69 Å². The molecule has 2 aromatic carbocycles. The second-order valence-corrected chi connectivity index (χ2v) is 6.67. The number of para-hydroxylation sites is 1. The number of amides is 1. The summed E-state index contributed by atoms with van der Waals surface area (Å²) in [6, 6.07) is 16.4. The number of piperazine rings is 1. The van der Waals surface area contributed by atoms with E-state index in [0.29, 0.717) is 35.2 Å². The molecule has 0 spiro atoms. The highest BCUT2D eigenvalue weighted by atomic mass is 16.2. The summed E-state index contributed by atoms with van der Waals surface area (Å²) in [6.45, 7) is 6.18. The average molecular weight is 362 g/mol. The van der Waals surface area contributed by atoms with Gasteiger partial charge in [-0.2, -0.15) is 9.78 Å². The zero-order valence-corrected chi connectivity index (χ0v) is 15.3. The number of hydrogen-bond donors (Lipinski definition) is 0. The number of nitrogens with zero attached hydrogens (tertiary/aromatic N) is 4. The lowest BCUT2D eigenvalue weighted by Crippen LogP contribution is -2.49. The van der Waals surface area contributed by atoms with E-state index in [4.69, 9.17) is 0 Å². The molecule has 1 fully saturated rings. The number of hydrogen-bond acceptors (Lipinski definition) is 4. The fourth-order valence-electron chi connectivity index (χ4n) is 3.51. The summed E-state index contributed by atoms with van der Waals surface area (Å²) in [6.07, 6.45) is 0. The fourth-order valence-corrected chi connectivity index (χ4v) is 3.51. The van der Waals surface area contributed by atoms with Gasteiger partial charge in [-0.1, -0.05) is 43.3 Å². The van der Waals surface area contributed by atoms with Crippen LogP contribution in [0.3, 0.4) is 0 Å². The maximum absolute atomic E-state index is 13.2. The molecule has 0 bridgehead atoms. The Bertz CT molecular complexity index is 1020. The van der Waals surface area contributed by atoms with Crippen molar-refractivity contribution in [1.29, 1.82) is 0 Å². The van der Waals surface area contributed by atoms with E-state index in [9.17, 15) is 9.59 Å². The van der Waals surface area contributed by atoms with Crippen LogP contribution in [-0.4, -0.2) is 58.2 Å². The Hall–Kier alpha value is -2.99. The molecule has 0 aliphatic carbocycles. The third-order valence-electron chi connectivity index (χ3n) is 5.12. The molecule has 1 aliphatic heterocycles. The molecular formula is C21H22N4O2. The van der Waals surface area contributed by atoms with Gasteiger partial charge < -0.3 is 9.80 Å². The topological polar surface area (TPSA) is 58.4 Å². The number of benzene rings is 2. The van der Waals surface area contributed by atoms with E-state index in [1.807, 2.05) is 47.4 Å². The average Bonchev–Trinajstić information content (AvgIpc) is 2.74. The number of rotatable bonds is 3. The van der Waals surface area contributed by atoms with Crippen molar-refractivity contribution in [3.63, 3.8) is 0 Å². The summed E-state index contributed by atoms with van der Waals surface area (Å²) < 4.78 is 1.33. The van der Waals surface area contributed by atoms with E-state index in [0.717, 1.165) is 19.6 Å². The van der Waals surface area contributed by atoms with Gasteiger partial charge >= 0.3 is 0 Å². The number of likely N-dealkylation sites (N-methyl/N-ethyl adjacent to an activating group) is 1. The zero-order valence-electron chi connectivity index (χ0n) is 15.3. The zero-order chi connectivity index (χ0) is 18.8. The Kier molecular flexibility index (Phi) is 4.73. The van der Waals surface area contributed by atoms with Crippen LogP contribution in [0.4, 0.5) is 0 Å². The fraction of sp³-hybridized carbons (Fsp3) is 0.286. The molecule has 1 aliphatic rings. The van der Waals surface area contributed by atoms with Gasteiger partial charge in [0, 0.05) is 31.6 Å². The molecule has 27 heavy (non-hydrogen) atoms. The quantitative estimate of drug-likeness (QED) is 0.716. The van der Waals surface area contributed by atoms with Gasteiger partial charge in [-0.25, -0.2) is 0 Å². The molecule has 0 N–H and O–H groups in total. The van der Waals surface area contributed by atoms with E-state index in [1.54, 1.807) is 12.1 Å². The van der Waals surface area contributed by atoms with Crippen LogP contribution >= 0.6 is 0 Å². The van der Waals surface area contributed by atoms with Crippen LogP contribution in [0.1, 0.15) is 17.4 Å². The predicted molar refractivity (Wildman–Crippen MR) is 105 cm³/mol. The predicted octanol–water partition coefficient (Wildman–Crippen LogP) is 2.16. The summed E-state index contributed by atoms with van der Waals surface area (Å²) in [5.74, 6) is -0.119. The Morgan fingerprint density at radius 3 is 2.22 bits per heavy atom. The minimum absolute atomic E-state index is 0.119. The molecular weight excluding hydrogens is 340 g/mol. The molecule has 4 rings (SSSR count). The highest BCUT2D eigenvalue weighted by Crippen LogP contribution is 2.17. The van der Waals surface area contributed by atoms with Crippen LogP contribution in [0, 0.1) is 0 Å². The lowest BCUT2D eigenvalue weighted by molar-refractivity contribution is 0.0638. The van der Waals surface area contributed by atoms with Gasteiger partial charge in [0.05, 0.1) is 11.1 Å². The molecule has 6 heteroatoms. The van der Waals surface area contributed by atoms with Crippen molar-refractivity contribution >= 4 is 16.7 Å². The van der Waals surface area contributed by atoms with Gasteiger partial charge in [0.25, 0.3) is 11.5 Å². The van der Waals surface area contributed by atoms with Gasteiger partial charge in [-0.15, -0.1) is 0 Å². The van der Waals surface area contributed by atoms with E-state index in [1.165, 1.54) is 4.68 Å². The van der Waals surface area contributed by atoms with Gasteiger partial charge in [0.2, 0.25) is 0 Å². The maximum Gasteiger partial charge on any atom is 0.279 e. The van der Waals surface area contributed by atoms with E-state index < -0.39 is 0 Å². The first-order chi connectivity index (χ1) is 13.2. The largest absolute Gasteiger partial charge is 0.335 e. The maximum atomic E-state index is 13.2. The Balaban J connectivity index is 1.81. The molecule has 0 unspecified atom stereocenters. The molecule has 2 heterocycles. The van der Waals surface area contributed by atoms with Crippen LogP contribution in [0.15, 0.2) is 59.4 Å². The Morgan fingerprint density at radius 2 is 1.56 bits per heavy atom. The first-order valence-corrected chi connectivity index (χ1v) is 9.28. The lowest BCUT2D eigenvalue weighted by atomic mass is 10.1. The normalized spacial score (nSPS) is 15.2. The summed E-state index contributed by atoms with van der Waals surface area (Å²) in [4.78, 5) is 30.3. The summed E-state index contributed by atoms with van der Waals surface area (Å²) >= 11 is 0. The second-order valence-electron chi connectivity index (χ2n) is 6.67. The Labute approximate surface area is 157 Å². The molecule has 0 atom stereocenters. The molecule has 6 nitrogen and oxygen atoms in total. The third kappa shape index (κ3) is 3.24. The van der Waals surface area contributed by atoms with E-state index >= 15 is 0 Å². The van der Waals surface area contributed by atoms with Crippen molar-refractivity contribution in [3.8, 4) is 5.69 Å². The molecule has 1 aromatic heterocycles. The van der Waals surface area contributed by atoms with Crippen molar-refractivity contribution in [1.82, 2.24) is 19.6 Å². The van der Waals surface area contributed by atoms with Crippen molar-refractivity contribution in [2.24, 2.45) is 0 Å². The minimum atomic E-state index is -0.218. The lowest BCUT2D eigenvalue weighted by Gasteiger charge is -2.34. The van der Waals surface area contributed by atoms with E-state index in [-0.39, 0.29) is 11.5 Å². The third-order valence-corrected chi connectivity index (χ3v) is 5.12. The van der Waals surface area contributed by atoms with Crippen LogP contribution < -0.4 is 5.56 Å². The molecule has 0 radical (unpaired) electrons. The summed E-state index contributed by atoms with van der Waals surface area (Å²) in [5.41, 5.74) is 0.765. The number of carbonyl (C=O) groups is 1. The standard InChI is InChI=1S/C21H22N4O2/c1-2-23-12-14-24(15-13-23)21(27)19-17-10-6-7-11-18(17)20(26)25(22-19)16-8-4-3-5-9-16/h3-11H,2,12-15H2,1H3. The van der Waals surface area contributed by atoms with Crippen LogP contribution in [-0.2, 0) is 0 Å². The highest BCUT2D eigenvalue weighted by molar-refractivity contribution is 6.04. The van der Waals surface area contributed by atoms with Crippen molar-refractivity contribution < 1.29 is 4.79 Å². The second kappa shape index (κ2) is 7.32. The van der Waals surface area contributed by atoms with Gasteiger partial charge in [-0.3, -0.25) is 9.59 Å². The smallest absolute Gasteiger partial charge is 0.279 e. The summed E-state index contributed by atoms with van der Waals surface area (Å²) in [7, 11) is 0. The highest BCUT2D eigenvalue weighted by Gasteiger charge is 2.25. The SMILES string of the molecule is CCN1CCN(C(=O)c2nn(-c3ccccc3)c(=O)c3ccccc23)CC1. The first kappa shape index (κ1) is 17.4. The number of fused-ring (bicyclic) bond motifs is 1. The molecule has 1 amide bonds. The van der Waals surface area contributed by atoms with Crippen molar-refractivity contribution in [2.45, 2.75) is 6.92 Å². The number of aromatic nitrogens is 2. The monoisotopic (exact) mass is 362 g/mol. The van der Waals surface area contributed by atoms with Gasteiger partial charge in [-0.05, 0) is 24.7 Å². The van der Waals surface area contributed by atoms with Crippen LogP contribution in [0.5, 0.6) is 0 Å². The Morgan fingerprint density at radius 1 is 0.926 bits per heavy atom. The van der Waals surface area contributed by atoms with Crippen LogP contribution in [0.25, 0.3) is 16.5 Å². The van der Waals surface area contributed by atoms with Crippen molar-refractivity contribution in [2.75, 3.05) is 32.7 Å². The molecule has 3 aromatic rings. The van der Waals surface area contributed by atoms with E-state index in [2.05, 4.69) is 16.9 Å². The van der Waals surface area contributed by atoms with Crippen molar-refractivity contribution in [3.05, 3.63) is 70.6 Å². The molecule has 0 saturated carbocycles. The first-order valence-electron chi connectivity index (χ1n) is 9.28. The molecule has 1 saturated heterocycles. The summed E-state index contributed by atoms with van der Waals surface area (Å²) in [5, 5.41) is 5.60.